The minimum Gasteiger partial charge on any atom is -0.390 e. The van der Waals surface area contributed by atoms with Gasteiger partial charge in [0, 0.05) is 25.8 Å². The van der Waals surface area contributed by atoms with Crippen molar-refractivity contribution in [1.29, 1.82) is 0 Å². The van der Waals surface area contributed by atoms with Crippen LogP contribution >= 0.6 is 0 Å². The molecule has 3 saturated carbocycles. The number of aliphatic hydroxyl groups is 1. The molecule has 2 aromatic rings. The number of amides is 2. The molecular formula is C27H36N4O3. The Kier molecular flexibility index (Phi) is 5.24. The second kappa shape index (κ2) is 8.08. The summed E-state index contributed by atoms with van der Waals surface area (Å²) < 4.78 is 1.74. The highest BCUT2D eigenvalue weighted by molar-refractivity contribution is 5.95. The number of carbonyl (C=O) groups excluding carboxylic acids is 2. The largest absolute Gasteiger partial charge is 0.390 e. The van der Waals surface area contributed by atoms with E-state index in [1.165, 1.54) is 44.9 Å². The molecule has 4 unspecified atom stereocenters. The lowest BCUT2D eigenvalue weighted by atomic mass is 9.69. The Hall–Kier alpha value is -2.41. The number of nitrogens with one attached hydrogen (secondary N) is 1. The summed E-state index contributed by atoms with van der Waals surface area (Å²) in [5.41, 5.74) is 1.03. The van der Waals surface area contributed by atoms with Gasteiger partial charge in [-0.05, 0) is 80.8 Å². The van der Waals surface area contributed by atoms with Gasteiger partial charge in [-0.2, -0.15) is 0 Å². The van der Waals surface area contributed by atoms with E-state index in [9.17, 15) is 14.7 Å². The van der Waals surface area contributed by atoms with Crippen molar-refractivity contribution in [2.45, 2.75) is 70.3 Å². The van der Waals surface area contributed by atoms with Gasteiger partial charge in [-0.1, -0.05) is 25.3 Å². The molecule has 3 heterocycles. The van der Waals surface area contributed by atoms with Crippen molar-refractivity contribution in [1.82, 2.24) is 19.6 Å². The second-order valence-electron chi connectivity index (χ2n) is 11.9. The van der Waals surface area contributed by atoms with E-state index < -0.39 is 5.60 Å². The summed E-state index contributed by atoms with van der Waals surface area (Å²) in [6.45, 7) is 3.59. The molecule has 4 aliphatic rings. The van der Waals surface area contributed by atoms with E-state index in [1.807, 2.05) is 19.1 Å². The van der Waals surface area contributed by atoms with Crippen LogP contribution in [-0.2, 0) is 0 Å². The number of nitrogens with zero attached hydrogens (tertiary/aromatic N) is 3. The summed E-state index contributed by atoms with van der Waals surface area (Å²) in [5, 5.41) is 13.5. The minimum atomic E-state index is -0.712. The summed E-state index contributed by atoms with van der Waals surface area (Å²) >= 11 is 0. The molecule has 4 fully saturated rings. The van der Waals surface area contributed by atoms with Crippen molar-refractivity contribution in [3.05, 3.63) is 35.8 Å². The first kappa shape index (κ1) is 22.1. The van der Waals surface area contributed by atoms with Gasteiger partial charge in [0.25, 0.3) is 11.8 Å². The Bertz CT molecular complexity index is 1110. The molecule has 7 nitrogen and oxygen atoms in total. The molecule has 0 aromatic carbocycles. The lowest BCUT2D eigenvalue weighted by molar-refractivity contribution is -0.00218. The second-order valence-corrected chi connectivity index (χ2v) is 11.9. The van der Waals surface area contributed by atoms with Gasteiger partial charge in [0.1, 0.15) is 17.0 Å². The van der Waals surface area contributed by atoms with Crippen LogP contribution in [0.5, 0.6) is 0 Å². The van der Waals surface area contributed by atoms with Crippen molar-refractivity contribution in [2.75, 3.05) is 19.6 Å². The molecule has 182 valence electrons. The van der Waals surface area contributed by atoms with Crippen molar-refractivity contribution < 1.29 is 14.7 Å². The highest BCUT2D eigenvalue weighted by Crippen LogP contribution is 2.59. The number of rotatable bonds is 4. The van der Waals surface area contributed by atoms with Crippen LogP contribution in [0.2, 0.25) is 0 Å². The van der Waals surface area contributed by atoms with Gasteiger partial charge >= 0.3 is 0 Å². The molecule has 2 amide bonds. The number of fused-ring (bicyclic) bond motifs is 3. The van der Waals surface area contributed by atoms with E-state index >= 15 is 0 Å². The fraction of sp³-hybridized carbons (Fsp3) is 0.667. The number of aromatic nitrogens is 2. The van der Waals surface area contributed by atoms with Crippen LogP contribution in [0.1, 0.15) is 85.7 Å². The predicted molar refractivity (Wildman–Crippen MR) is 129 cm³/mol. The Balaban J connectivity index is 1.17. The first-order chi connectivity index (χ1) is 16.3. The van der Waals surface area contributed by atoms with Crippen LogP contribution in [-0.4, -0.2) is 56.4 Å². The molecular weight excluding hydrogens is 428 g/mol. The highest BCUT2D eigenvalue weighted by Gasteiger charge is 2.51. The molecule has 34 heavy (non-hydrogen) atoms. The molecule has 6 rings (SSSR count). The van der Waals surface area contributed by atoms with Crippen LogP contribution < -0.4 is 5.32 Å². The van der Waals surface area contributed by atoms with Crippen LogP contribution in [0, 0.1) is 23.2 Å². The topological polar surface area (TPSA) is 86.9 Å². The van der Waals surface area contributed by atoms with E-state index in [4.69, 9.17) is 0 Å². The molecule has 2 N–H and O–H groups in total. The number of pyridine rings is 1. The maximum absolute atomic E-state index is 13.3. The molecule has 1 aliphatic heterocycles. The Morgan fingerprint density at radius 1 is 1.15 bits per heavy atom. The average molecular weight is 465 g/mol. The summed E-state index contributed by atoms with van der Waals surface area (Å²) in [6.07, 6.45) is 12.1. The standard InChI is InChI=1S/C27H36N4O3/c1-26(34)8-10-30(11-9-26)25(33)21-16-31-22(6-3-7-23(31)29-21)24(32)28-17-27-13-18-4-2-5-19(14-27)20(12-18)15-27/h3,6-7,16,18-20,34H,2,4-5,8-15,17H2,1H3,(H,28,32). The first-order valence-electron chi connectivity index (χ1n) is 13.1. The van der Waals surface area contributed by atoms with E-state index in [1.54, 1.807) is 21.6 Å². The van der Waals surface area contributed by atoms with Crippen molar-refractivity contribution in [2.24, 2.45) is 23.2 Å². The van der Waals surface area contributed by atoms with Gasteiger partial charge in [-0.3, -0.25) is 14.0 Å². The third kappa shape index (κ3) is 3.92. The lowest BCUT2D eigenvalue weighted by Crippen LogP contribution is -2.45. The molecule has 3 aliphatic carbocycles. The number of piperidine rings is 1. The van der Waals surface area contributed by atoms with Gasteiger partial charge in [-0.25, -0.2) is 4.98 Å². The fourth-order valence-corrected chi connectivity index (χ4v) is 7.55. The molecule has 2 aromatic heterocycles. The lowest BCUT2D eigenvalue weighted by Gasteiger charge is -2.38. The van der Waals surface area contributed by atoms with Gasteiger partial charge in [0.15, 0.2) is 0 Å². The monoisotopic (exact) mass is 464 g/mol. The number of likely N-dealkylation sites (tertiary alicyclic amines) is 1. The fourth-order valence-electron chi connectivity index (χ4n) is 7.55. The quantitative estimate of drug-likeness (QED) is 0.723. The summed E-state index contributed by atoms with van der Waals surface area (Å²) in [5.74, 6) is 2.32. The van der Waals surface area contributed by atoms with Crippen molar-refractivity contribution in [3.8, 4) is 0 Å². The van der Waals surface area contributed by atoms with E-state index in [0.29, 0.717) is 43.0 Å². The molecule has 0 spiro atoms. The predicted octanol–water partition coefficient (Wildman–Crippen LogP) is 3.66. The zero-order valence-electron chi connectivity index (χ0n) is 20.1. The first-order valence-corrected chi connectivity index (χ1v) is 13.1. The van der Waals surface area contributed by atoms with Gasteiger partial charge in [-0.15, -0.1) is 0 Å². The number of carbonyl (C=O) groups is 2. The van der Waals surface area contributed by atoms with E-state index in [-0.39, 0.29) is 17.2 Å². The van der Waals surface area contributed by atoms with Gasteiger partial charge < -0.3 is 15.3 Å². The van der Waals surface area contributed by atoms with Gasteiger partial charge in [0.05, 0.1) is 5.60 Å². The normalized spacial score (nSPS) is 32.1. The third-order valence-corrected chi connectivity index (χ3v) is 9.30. The van der Waals surface area contributed by atoms with E-state index in [2.05, 4.69) is 10.3 Å². The average Bonchev–Trinajstić information content (AvgIpc) is 3.31. The Labute approximate surface area is 200 Å². The SMILES string of the molecule is CC1(O)CCN(C(=O)c2cn3c(C(=O)NCC45CC6CCCC(C4)C(C6)C5)cccc3n2)CC1. The van der Waals surface area contributed by atoms with Crippen molar-refractivity contribution >= 4 is 17.5 Å². The number of hydrogen-bond donors (Lipinski definition) is 2. The van der Waals surface area contributed by atoms with Crippen LogP contribution in [0.4, 0.5) is 0 Å². The molecule has 7 heteroatoms. The molecule has 4 atom stereocenters. The molecule has 3 bridgehead atoms. The zero-order valence-corrected chi connectivity index (χ0v) is 20.1. The van der Waals surface area contributed by atoms with Crippen LogP contribution in [0.15, 0.2) is 24.4 Å². The Morgan fingerprint density at radius 2 is 1.94 bits per heavy atom. The Morgan fingerprint density at radius 3 is 2.76 bits per heavy atom. The van der Waals surface area contributed by atoms with Crippen molar-refractivity contribution in [3.63, 3.8) is 0 Å². The maximum atomic E-state index is 13.3. The zero-order chi connectivity index (χ0) is 23.5. The highest BCUT2D eigenvalue weighted by atomic mass is 16.3. The third-order valence-electron chi connectivity index (χ3n) is 9.30. The molecule has 0 radical (unpaired) electrons. The molecule has 1 saturated heterocycles. The number of hydrogen-bond acceptors (Lipinski definition) is 4. The van der Waals surface area contributed by atoms with Crippen LogP contribution in [0.3, 0.4) is 0 Å². The van der Waals surface area contributed by atoms with Gasteiger partial charge in [0.2, 0.25) is 0 Å². The summed E-state index contributed by atoms with van der Waals surface area (Å²) in [4.78, 5) is 32.6. The summed E-state index contributed by atoms with van der Waals surface area (Å²) in [7, 11) is 0. The van der Waals surface area contributed by atoms with Crippen LogP contribution in [0.25, 0.3) is 5.65 Å². The smallest absolute Gasteiger partial charge is 0.274 e. The minimum absolute atomic E-state index is 0.0930. The van der Waals surface area contributed by atoms with E-state index in [0.717, 1.165) is 24.3 Å². The number of imidazole rings is 1. The summed E-state index contributed by atoms with van der Waals surface area (Å²) in [6, 6.07) is 5.47. The maximum Gasteiger partial charge on any atom is 0.274 e.